The van der Waals surface area contributed by atoms with Crippen LogP contribution < -0.4 is 10.1 Å². The Labute approximate surface area is 180 Å². The largest absolute Gasteiger partial charge is 0.496 e. The van der Waals surface area contributed by atoms with Crippen LogP contribution in [0.4, 0.5) is 0 Å². The summed E-state index contributed by atoms with van der Waals surface area (Å²) in [5, 5.41) is 14.4. The van der Waals surface area contributed by atoms with Gasteiger partial charge in [0.1, 0.15) is 12.1 Å². The summed E-state index contributed by atoms with van der Waals surface area (Å²) in [6.45, 7) is 5.39. The van der Waals surface area contributed by atoms with Crippen molar-refractivity contribution in [2.75, 3.05) is 20.2 Å². The minimum atomic E-state index is -0.262. The SMILES string of the molecule is CCC(CC)C(=O)N1CCC(NC(=O)c2cc(Cl)c(-n3cnnn3)cc2OC)CC1. The highest BCUT2D eigenvalue weighted by atomic mass is 35.5. The molecule has 0 atom stereocenters. The van der Waals surface area contributed by atoms with Gasteiger partial charge in [-0.3, -0.25) is 9.59 Å². The van der Waals surface area contributed by atoms with Gasteiger partial charge in [-0.25, -0.2) is 0 Å². The number of tetrazole rings is 1. The van der Waals surface area contributed by atoms with Gasteiger partial charge in [-0.05, 0) is 42.2 Å². The predicted octanol–water partition coefficient (Wildman–Crippen LogP) is 2.48. The number of amides is 2. The zero-order valence-electron chi connectivity index (χ0n) is 17.5. The normalized spacial score (nSPS) is 14.8. The Hall–Kier alpha value is -2.68. The number of carbonyl (C=O) groups is 2. The van der Waals surface area contributed by atoms with Gasteiger partial charge in [0.05, 0.1) is 23.4 Å². The molecule has 0 bridgehead atoms. The smallest absolute Gasteiger partial charge is 0.255 e. The van der Waals surface area contributed by atoms with Crippen molar-refractivity contribution in [1.29, 1.82) is 0 Å². The van der Waals surface area contributed by atoms with Crippen LogP contribution in [-0.4, -0.2) is 63.2 Å². The van der Waals surface area contributed by atoms with Crippen molar-refractivity contribution in [3.05, 3.63) is 29.0 Å². The van der Waals surface area contributed by atoms with Gasteiger partial charge in [-0.1, -0.05) is 25.4 Å². The maximum Gasteiger partial charge on any atom is 0.255 e. The second-order valence-corrected chi connectivity index (χ2v) is 7.75. The van der Waals surface area contributed by atoms with E-state index in [1.165, 1.54) is 18.1 Å². The maximum atomic E-state index is 12.9. The molecule has 1 fully saturated rings. The van der Waals surface area contributed by atoms with Gasteiger partial charge in [-0.2, -0.15) is 4.68 Å². The van der Waals surface area contributed by atoms with E-state index in [1.807, 2.05) is 18.7 Å². The van der Waals surface area contributed by atoms with E-state index in [0.717, 1.165) is 25.7 Å². The number of halogens is 1. The fourth-order valence-corrected chi connectivity index (χ4v) is 3.99. The van der Waals surface area contributed by atoms with Crippen molar-refractivity contribution in [2.24, 2.45) is 5.92 Å². The molecule has 0 saturated carbocycles. The Morgan fingerprint density at radius 1 is 1.27 bits per heavy atom. The molecule has 1 aliphatic rings. The number of rotatable bonds is 7. The summed E-state index contributed by atoms with van der Waals surface area (Å²) < 4.78 is 6.80. The number of methoxy groups -OCH3 is 1. The molecular formula is C20H27ClN6O3. The lowest BCUT2D eigenvalue weighted by molar-refractivity contribution is -0.136. The number of hydrogen-bond donors (Lipinski definition) is 1. The lowest BCUT2D eigenvalue weighted by Gasteiger charge is -2.34. The highest BCUT2D eigenvalue weighted by Crippen LogP contribution is 2.29. The molecule has 162 valence electrons. The van der Waals surface area contributed by atoms with Gasteiger partial charge >= 0.3 is 0 Å². The van der Waals surface area contributed by atoms with Gasteiger partial charge in [0.15, 0.2) is 0 Å². The topological polar surface area (TPSA) is 102 Å². The van der Waals surface area contributed by atoms with E-state index < -0.39 is 0 Å². The zero-order chi connectivity index (χ0) is 21.7. The molecule has 1 saturated heterocycles. The fraction of sp³-hybridized carbons (Fsp3) is 0.550. The third-order valence-corrected chi connectivity index (χ3v) is 5.89. The first-order chi connectivity index (χ1) is 14.5. The van der Waals surface area contributed by atoms with Crippen molar-refractivity contribution >= 4 is 23.4 Å². The third kappa shape index (κ3) is 4.72. The Morgan fingerprint density at radius 2 is 1.97 bits per heavy atom. The van der Waals surface area contributed by atoms with Crippen LogP contribution in [0.3, 0.4) is 0 Å². The van der Waals surface area contributed by atoms with E-state index in [-0.39, 0.29) is 23.8 Å². The molecule has 1 aromatic heterocycles. The molecule has 10 heteroatoms. The molecule has 1 N–H and O–H groups in total. The van der Waals surface area contributed by atoms with Crippen LogP contribution in [0.1, 0.15) is 49.9 Å². The number of aromatic nitrogens is 4. The summed E-state index contributed by atoms with van der Waals surface area (Å²) in [7, 11) is 1.49. The molecule has 1 aromatic carbocycles. The summed E-state index contributed by atoms with van der Waals surface area (Å²) >= 11 is 6.35. The molecular weight excluding hydrogens is 408 g/mol. The summed E-state index contributed by atoms with van der Waals surface area (Å²) in [4.78, 5) is 27.3. The molecule has 0 radical (unpaired) electrons. The van der Waals surface area contributed by atoms with Crippen LogP contribution in [0.5, 0.6) is 5.75 Å². The summed E-state index contributed by atoms with van der Waals surface area (Å²) in [5.74, 6) is 0.420. The lowest BCUT2D eigenvalue weighted by Crippen LogP contribution is -2.48. The second kappa shape index (κ2) is 9.88. The summed E-state index contributed by atoms with van der Waals surface area (Å²) in [5.41, 5.74) is 0.859. The first-order valence-electron chi connectivity index (χ1n) is 10.2. The number of nitrogens with zero attached hydrogens (tertiary/aromatic N) is 5. The monoisotopic (exact) mass is 434 g/mol. The first-order valence-corrected chi connectivity index (χ1v) is 10.6. The molecule has 0 unspecified atom stereocenters. The van der Waals surface area contributed by atoms with Crippen molar-refractivity contribution in [3.63, 3.8) is 0 Å². The Morgan fingerprint density at radius 3 is 2.53 bits per heavy atom. The average Bonchev–Trinajstić information content (AvgIpc) is 3.29. The molecule has 1 aliphatic heterocycles. The van der Waals surface area contributed by atoms with Crippen LogP contribution in [0, 0.1) is 5.92 Å². The van der Waals surface area contributed by atoms with Crippen LogP contribution in [-0.2, 0) is 4.79 Å². The molecule has 2 aromatic rings. The van der Waals surface area contributed by atoms with Crippen LogP contribution in [0.2, 0.25) is 5.02 Å². The van der Waals surface area contributed by atoms with E-state index >= 15 is 0 Å². The number of ether oxygens (including phenoxy) is 1. The summed E-state index contributed by atoms with van der Waals surface area (Å²) in [6, 6.07) is 3.18. The molecule has 0 aliphatic carbocycles. The van der Waals surface area contributed by atoms with Gasteiger partial charge < -0.3 is 15.0 Å². The minimum Gasteiger partial charge on any atom is -0.496 e. The van der Waals surface area contributed by atoms with E-state index in [2.05, 4.69) is 20.8 Å². The Kier molecular flexibility index (Phi) is 7.25. The molecule has 2 heterocycles. The Bertz CT molecular complexity index is 877. The first kappa shape index (κ1) is 22.0. The van der Waals surface area contributed by atoms with Gasteiger partial charge in [-0.15, -0.1) is 5.10 Å². The quantitative estimate of drug-likeness (QED) is 0.718. The minimum absolute atomic E-state index is 0.00840. The van der Waals surface area contributed by atoms with Crippen molar-refractivity contribution in [1.82, 2.24) is 30.4 Å². The van der Waals surface area contributed by atoms with E-state index in [4.69, 9.17) is 16.3 Å². The van der Waals surface area contributed by atoms with E-state index in [1.54, 1.807) is 12.1 Å². The number of hydrogen-bond acceptors (Lipinski definition) is 6. The molecule has 0 spiro atoms. The summed E-state index contributed by atoms with van der Waals surface area (Å²) in [6.07, 6.45) is 4.56. The molecule has 3 rings (SSSR count). The van der Waals surface area contributed by atoms with Crippen molar-refractivity contribution in [3.8, 4) is 11.4 Å². The number of likely N-dealkylation sites (tertiary alicyclic amines) is 1. The Balaban J connectivity index is 1.66. The number of piperidine rings is 1. The van der Waals surface area contributed by atoms with Crippen LogP contribution >= 0.6 is 11.6 Å². The van der Waals surface area contributed by atoms with Crippen molar-refractivity contribution in [2.45, 2.75) is 45.6 Å². The van der Waals surface area contributed by atoms with Gasteiger partial charge in [0.25, 0.3) is 5.91 Å². The standard InChI is InChI=1S/C20H27ClN6O3/c1-4-13(5-2)20(29)26-8-6-14(7-9-26)23-19(28)15-10-16(21)17(11-18(15)30-3)27-12-22-24-25-27/h10-14H,4-9H2,1-3H3,(H,23,28). The lowest BCUT2D eigenvalue weighted by atomic mass is 9.98. The van der Waals surface area contributed by atoms with E-state index in [9.17, 15) is 9.59 Å². The third-order valence-electron chi connectivity index (χ3n) is 5.59. The second-order valence-electron chi connectivity index (χ2n) is 7.34. The highest BCUT2D eigenvalue weighted by molar-refractivity contribution is 6.33. The van der Waals surface area contributed by atoms with Crippen molar-refractivity contribution < 1.29 is 14.3 Å². The zero-order valence-corrected chi connectivity index (χ0v) is 18.2. The predicted molar refractivity (Wildman–Crippen MR) is 112 cm³/mol. The van der Waals surface area contributed by atoms with Gasteiger partial charge in [0.2, 0.25) is 5.91 Å². The molecule has 2 amide bonds. The molecule has 30 heavy (non-hydrogen) atoms. The fourth-order valence-electron chi connectivity index (χ4n) is 3.74. The maximum absolute atomic E-state index is 12.9. The average molecular weight is 435 g/mol. The number of carbonyl (C=O) groups excluding carboxylic acids is 2. The number of benzene rings is 1. The highest BCUT2D eigenvalue weighted by Gasteiger charge is 2.28. The molecule has 9 nitrogen and oxygen atoms in total. The number of nitrogens with one attached hydrogen (secondary N) is 1. The van der Waals surface area contributed by atoms with Crippen LogP contribution in [0.15, 0.2) is 18.5 Å². The van der Waals surface area contributed by atoms with Crippen LogP contribution in [0.25, 0.3) is 5.69 Å². The van der Waals surface area contributed by atoms with E-state index in [0.29, 0.717) is 35.1 Å². The van der Waals surface area contributed by atoms with Gasteiger partial charge in [0, 0.05) is 31.1 Å².